The molecule has 2 saturated carbocycles. The van der Waals surface area contributed by atoms with Crippen LogP contribution in [-0.4, -0.2) is 49.1 Å². The molecule has 202 valence electrons. The van der Waals surface area contributed by atoms with Crippen LogP contribution < -0.4 is 10.9 Å². The number of aryl methyl sites for hydroxylation is 2. The van der Waals surface area contributed by atoms with E-state index in [1.165, 1.54) is 12.3 Å². The molecule has 2 aliphatic carbocycles. The third kappa shape index (κ3) is 4.88. The normalized spacial score (nSPS) is 16.4. The lowest BCUT2D eigenvalue weighted by molar-refractivity contribution is 0.482. The number of rotatable bonds is 8. The molecule has 0 amide bonds. The Labute approximate surface area is 226 Å². The number of hydrogen-bond donors (Lipinski definition) is 1. The summed E-state index contributed by atoms with van der Waals surface area (Å²) in [5.74, 6) is 1.51. The second kappa shape index (κ2) is 9.44. The minimum absolute atomic E-state index is 0.00293. The van der Waals surface area contributed by atoms with Crippen LogP contribution in [0, 0.1) is 19.8 Å². The first kappa shape index (κ1) is 25.5. The minimum atomic E-state index is -3.39. The van der Waals surface area contributed by atoms with Gasteiger partial charge < -0.3 is 5.32 Å². The number of anilines is 1. The molecule has 12 heteroatoms. The van der Waals surface area contributed by atoms with Gasteiger partial charge in [-0.3, -0.25) is 9.36 Å². The second-order valence-electron chi connectivity index (χ2n) is 10.6. The number of hydrogen-bond acceptors (Lipinski definition) is 10. The van der Waals surface area contributed by atoms with E-state index < -0.39 is 9.84 Å². The fraction of sp³-hybridized carbons (Fsp3) is 0.444. The Morgan fingerprint density at radius 3 is 2.44 bits per heavy atom. The summed E-state index contributed by atoms with van der Waals surface area (Å²) in [6.07, 6.45) is 8.49. The quantitative estimate of drug-likeness (QED) is 0.348. The van der Waals surface area contributed by atoms with Crippen LogP contribution in [0.1, 0.15) is 67.2 Å². The SMILES string of the molecule is Cc1ncnc(C2CC2)c1-c1nc(C)c2nc(NCc3ccc(S(C)(=O)=O)nc3)c(=O)n([C@@H](C)C3CC3)c2n1. The lowest BCUT2D eigenvalue weighted by Crippen LogP contribution is -2.29. The Morgan fingerprint density at radius 2 is 1.79 bits per heavy atom. The molecule has 1 atom stereocenters. The van der Waals surface area contributed by atoms with Gasteiger partial charge >= 0.3 is 0 Å². The van der Waals surface area contributed by atoms with Crippen LogP contribution in [-0.2, 0) is 16.4 Å². The first-order chi connectivity index (χ1) is 18.6. The first-order valence-electron chi connectivity index (χ1n) is 13.1. The number of fused-ring (bicyclic) bond motifs is 1. The van der Waals surface area contributed by atoms with Crippen LogP contribution in [0.5, 0.6) is 0 Å². The Kier molecular flexibility index (Phi) is 6.17. The Morgan fingerprint density at radius 1 is 1.03 bits per heavy atom. The summed E-state index contributed by atoms with van der Waals surface area (Å²) in [4.78, 5) is 41.3. The molecular formula is C27H30N8O3S. The topological polar surface area (TPSA) is 146 Å². The van der Waals surface area contributed by atoms with Gasteiger partial charge in [-0.25, -0.2) is 38.3 Å². The zero-order chi connectivity index (χ0) is 27.5. The molecule has 0 spiro atoms. The van der Waals surface area contributed by atoms with Crippen LogP contribution in [0.3, 0.4) is 0 Å². The molecule has 4 aromatic heterocycles. The Hall–Kier alpha value is -3.80. The number of aromatic nitrogens is 7. The summed E-state index contributed by atoms with van der Waals surface area (Å²) in [6, 6.07) is 3.07. The van der Waals surface area contributed by atoms with Crippen molar-refractivity contribution < 1.29 is 8.42 Å². The molecule has 6 rings (SSSR count). The average Bonchev–Trinajstić information content (AvgIpc) is 3.81. The van der Waals surface area contributed by atoms with Gasteiger partial charge in [0.2, 0.25) is 0 Å². The van der Waals surface area contributed by atoms with Crippen molar-refractivity contribution in [1.82, 2.24) is 34.5 Å². The van der Waals surface area contributed by atoms with E-state index in [0.29, 0.717) is 34.5 Å². The lowest BCUT2D eigenvalue weighted by Gasteiger charge is -2.20. The summed E-state index contributed by atoms with van der Waals surface area (Å²) in [7, 11) is -3.39. The van der Waals surface area contributed by atoms with Crippen molar-refractivity contribution in [2.75, 3.05) is 11.6 Å². The molecule has 2 fully saturated rings. The van der Waals surface area contributed by atoms with E-state index in [9.17, 15) is 13.2 Å². The van der Waals surface area contributed by atoms with Crippen LogP contribution >= 0.6 is 0 Å². The monoisotopic (exact) mass is 546 g/mol. The molecule has 0 bridgehead atoms. The van der Waals surface area contributed by atoms with Gasteiger partial charge in [-0.05, 0) is 64.0 Å². The highest BCUT2D eigenvalue weighted by Crippen LogP contribution is 2.44. The highest BCUT2D eigenvalue weighted by Gasteiger charge is 2.33. The second-order valence-corrected chi connectivity index (χ2v) is 12.6. The molecule has 0 aliphatic heterocycles. The van der Waals surface area contributed by atoms with E-state index in [2.05, 4.69) is 32.2 Å². The van der Waals surface area contributed by atoms with E-state index >= 15 is 0 Å². The standard InChI is InChI=1S/C27H30N8O3S/c1-14-21(23(19-8-9-19)31-13-30-14)24-32-15(2)22-26(34-24)35(16(3)18-6-7-18)27(36)25(33-22)29-12-17-5-10-20(28-11-17)39(4,37)38/h5,10-11,13,16,18-19H,6-9,12H2,1-4H3,(H,29,33)/t16-/m0/s1. The average molecular weight is 547 g/mol. The smallest absolute Gasteiger partial charge is 0.295 e. The summed E-state index contributed by atoms with van der Waals surface area (Å²) in [5.41, 5.74) is 4.83. The Bertz CT molecular complexity index is 1760. The van der Waals surface area contributed by atoms with Gasteiger partial charge in [0.1, 0.15) is 11.8 Å². The largest absolute Gasteiger partial charge is 0.361 e. The van der Waals surface area contributed by atoms with Crippen LogP contribution in [0.4, 0.5) is 5.82 Å². The van der Waals surface area contributed by atoms with Crippen molar-refractivity contribution >= 4 is 26.8 Å². The van der Waals surface area contributed by atoms with Gasteiger partial charge in [-0.15, -0.1) is 0 Å². The zero-order valence-corrected chi connectivity index (χ0v) is 23.2. The van der Waals surface area contributed by atoms with Gasteiger partial charge in [0.15, 0.2) is 32.2 Å². The molecule has 0 aromatic carbocycles. The predicted molar refractivity (Wildman–Crippen MR) is 146 cm³/mol. The molecule has 11 nitrogen and oxygen atoms in total. The van der Waals surface area contributed by atoms with Gasteiger partial charge in [0.25, 0.3) is 5.56 Å². The molecule has 4 aromatic rings. The molecule has 0 unspecified atom stereocenters. The van der Waals surface area contributed by atoms with Crippen LogP contribution in [0.2, 0.25) is 0 Å². The Balaban J connectivity index is 1.44. The zero-order valence-electron chi connectivity index (χ0n) is 22.3. The molecule has 0 radical (unpaired) electrons. The number of pyridine rings is 1. The van der Waals surface area contributed by atoms with Crippen molar-refractivity contribution in [3.63, 3.8) is 0 Å². The van der Waals surface area contributed by atoms with Crippen molar-refractivity contribution in [2.45, 2.75) is 70.0 Å². The highest BCUT2D eigenvalue weighted by molar-refractivity contribution is 7.90. The van der Waals surface area contributed by atoms with Gasteiger partial charge in [0.05, 0.1) is 22.6 Å². The molecule has 39 heavy (non-hydrogen) atoms. The lowest BCUT2D eigenvalue weighted by atomic mass is 10.1. The van der Waals surface area contributed by atoms with E-state index in [0.717, 1.165) is 54.5 Å². The maximum atomic E-state index is 13.8. The fourth-order valence-electron chi connectivity index (χ4n) is 4.97. The van der Waals surface area contributed by atoms with Crippen molar-refractivity contribution in [3.05, 3.63) is 57.7 Å². The van der Waals surface area contributed by atoms with Gasteiger partial charge in [0, 0.05) is 31.0 Å². The molecule has 0 saturated heterocycles. The van der Waals surface area contributed by atoms with E-state index in [1.807, 2.05) is 13.8 Å². The maximum Gasteiger partial charge on any atom is 0.295 e. The van der Waals surface area contributed by atoms with E-state index in [1.54, 1.807) is 17.0 Å². The third-order valence-corrected chi connectivity index (χ3v) is 8.52. The highest BCUT2D eigenvalue weighted by atomic mass is 32.2. The molecule has 1 N–H and O–H groups in total. The van der Waals surface area contributed by atoms with Crippen molar-refractivity contribution in [2.24, 2.45) is 5.92 Å². The number of sulfone groups is 1. The fourth-order valence-corrected chi connectivity index (χ4v) is 5.53. The summed E-state index contributed by atoms with van der Waals surface area (Å²) in [5, 5.41) is 3.14. The third-order valence-electron chi connectivity index (χ3n) is 7.52. The summed E-state index contributed by atoms with van der Waals surface area (Å²) >= 11 is 0. The predicted octanol–water partition coefficient (Wildman–Crippen LogP) is 3.52. The van der Waals surface area contributed by atoms with E-state index in [-0.39, 0.29) is 29.0 Å². The first-order valence-corrected chi connectivity index (χ1v) is 15.0. The van der Waals surface area contributed by atoms with Crippen LogP contribution in [0.15, 0.2) is 34.5 Å². The number of nitrogens with one attached hydrogen (secondary N) is 1. The minimum Gasteiger partial charge on any atom is -0.361 e. The molecule has 4 heterocycles. The van der Waals surface area contributed by atoms with Crippen LogP contribution in [0.25, 0.3) is 22.6 Å². The van der Waals surface area contributed by atoms with Gasteiger partial charge in [-0.1, -0.05) is 6.07 Å². The molecule has 2 aliphatic rings. The summed E-state index contributed by atoms with van der Waals surface area (Å²) in [6.45, 7) is 6.13. The van der Waals surface area contributed by atoms with Crippen molar-refractivity contribution in [3.8, 4) is 11.4 Å². The van der Waals surface area contributed by atoms with Crippen molar-refractivity contribution in [1.29, 1.82) is 0 Å². The van der Waals surface area contributed by atoms with E-state index in [4.69, 9.17) is 9.97 Å². The molecular weight excluding hydrogens is 516 g/mol. The summed E-state index contributed by atoms with van der Waals surface area (Å²) < 4.78 is 25.2. The number of nitrogens with zero attached hydrogens (tertiary/aromatic N) is 7. The maximum absolute atomic E-state index is 13.8. The van der Waals surface area contributed by atoms with Gasteiger partial charge in [-0.2, -0.15) is 0 Å².